The second-order valence-electron chi connectivity index (χ2n) is 5.60. The summed E-state index contributed by atoms with van der Waals surface area (Å²) in [6, 6.07) is 0. The van der Waals surface area contributed by atoms with E-state index in [1.165, 1.54) is 17.3 Å². The standard InChI is InChI=1S/C16H24N4O5S/c1-6-25-16(24)12-9(2)13(15(23)20(4)5)26-14(12)19-11(22)8-18-7-10(21)17-3/h18H,6-8H2,1-5H3,(H,17,21)(H,19,22)/p+1. The minimum atomic E-state index is -0.594. The van der Waals surface area contributed by atoms with E-state index in [1.807, 2.05) is 0 Å². The lowest BCUT2D eigenvalue weighted by Crippen LogP contribution is -2.88. The number of likely N-dealkylation sites (N-methyl/N-ethyl adjacent to an activating group) is 1. The van der Waals surface area contributed by atoms with Crippen LogP contribution >= 0.6 is 11.3 Å². The first-order valence-electron chi connectivity index (χ1n) is 8.07. The molecule has 0 atom stereocenters. The zero-order chi connectivity index (χ0) is 19.9. The zero-order valence-corrected chi connectivity index (χ0v) is 16.4. The van der Waals surface area contributed by atoms with Gasteiger partial charge in [-0.25, -0.2) is 4.79 Å². The molecule has 0 bridgehead atoms. The van der Waals surface area contributed by atoms with E-state index in [1.54, 1.807) is 27.9 Å². The monoisotopic (exact) mass is 385 g/mol. The second kappa shape index (κ2) is 9.88. The van der Waals surface area contributed by atoms with E-state index in [0.717, 1.165) is 11.3 Å². The lowest BCUT2D eigenvalue weighted by molar-refractivity contribution is -0.632. The van der Waals surface area contributed by atoms with Gasteiger partial charge in [0.25, 0.3) is 17.7 Å². The molecular formula is C16H25N4O5S+. The predicted octanol–water partition coefficient (Wildman–Crippen LogP) is -0.817. The molecule has 1 heterocycles. The molecule has 0 unspecified atom stereocenters. The van der Waals surface area contributed by atoms with E-state index in [4.69, 9.17) is 4.74 Å². The second-order valence-corrected chi connectivity index (χ2v) is 6.62. The van der Waals surface area contributed by atoms with E-state index < -0.39 is 5.97 Å². The number of nitrogens with two attached hydrogens (primary N) is 1. The number of esters is 1. The minimum absolute atomic E-state index is 0.00356. The summed E-state index contributed by atoms with van der Waals surface area (Å²) in [5.74, 6) is -1.44. The summed E-state index contributed by atoms with van der Waals surface area (Å²) < 4.78 is 5.04. The highest BCUT2D eigenvalue weighted by Gasteiger charge is 2.27. The maximum Gasteiger partial charge on any atom is 0.341 e. The van der Waals surface area contributed by atoms with Gasteiger partial charge in [0.2, 0.25) is 0 Å². The minimum Gasteiger partial charge on any atom is -0.462 e. The van der Waals surface area contributed by atoms with Crippen molar-refractivity contribution in [2.24, 2.45) is 0 Å². The summed E-state index contributed by atoms with van der Waals surface area (Å²) in [6.45, 7) is 3.62. The number of nitrogens with zero attached hydrogens (tertiary/aromatic N) is 1. The van der Waals surface area contributed by atoms with Gasteiger partial charge in [-0.3, -0.25) is 14.4 Å². The molecule has 4 N–H and O–H groups in total. The fourth-order valence-electron chi connectivity index (χ4n) is 2.07. The van der Waals surface area contributed by atoms with Crippen molar-refractivity contribution in [2.45, 2.75) is 13.8 Å². The summed E-state index contributed by atoms with van der Waals surface area (Å²) >= 11 is 1.03. The predicted molar refractivity (Wildman–Crippen MR) is 97.4 cm³/mol. The summed E-state index contributed by atoms with van der Waals surface area (Å²) in [5, 5.41) is 6.90. The van der Waals surface area contributed by atoms with Gasteiger partial charge in [-0.05, 0) is 19.4 Å². The largest absolute Gasteiger partial charge is 0.462 e. The molecule has 0 radical (unpaired) electrons. The molecule has 0 aliphatic heterocycles. The number of nitrogens with one attached hydrogen (secondary N) is 2. The number of hydrogen-bond donors (Lipinski definition) is 3. The number of carbonyl (C=O) groups is 4. The molecule has 10 heteroatoms. The van der Waals surface area contributed by atoms with Crippen molar-refractivity contribution in [3.05, 3.63) is 16.0 Å². The first-order valence-corrected chi connectivity index (χ1v) is 8.88. The third-order valence-corrected chi connectivity index (χ3v) is 4.61. The molecule has 0 saturated heterocycles. The van der Waals surface area contributed by atoms with Crippen molar-refractivity contribution in [1.82, 2.24) is 10.2 Å². The highest BCUT2D eigenvalue weighted by molar-refractivity contribution is 7.18. The van der Waals surface area contributed by atoms with Crippen LogP contribution in [-0.4, -0.2) is 69.4 Å². The summed E-state index contributed by atoms with van der Waals surface area (Å²) in [5.41, 5.74) is 0.651. The first-order chi connectivity index (χ1) is 12.2. The van der Waals surface area contributed by atoms with Crippen molar-refractivity contribution in [1.29, 1.82) is 0 Å². The molecule has 9 nitrogen and oxygen atoms in total. The van der Waals surface area contributed by atoms with E-state index in [-0.39, 0.29) is 48.0 Å². The maximum absolute atomic E-state index is 12.3. The number of ether oxygens (including phenoxy) is 1. The number of anilines is 1. The quantitative estimate of drug-likeness (QED) is 0.505. The smallest absolute Gasteiger partial charge is 0.341 e. The van der Waals surface area contributed by atoms with Crippen LogP contribution in [0.3, 0.4) is 0 Å². The molecule has 0 aliphatic carbocycles. The van der Waals surface area contributed by atoms with Gasteiger partial charge < -0.3 is 25.6 Å². The number of rotatable bonds is 8. The summed E-state index contributed by atoms with van der Waals surface area (Å²) in [6.07, 6.45) is 0. The van der Waals surface area contributed by atoms with Gasteiger partial charge in [0, 0.05) is 21.1 Å². The van der Waals surface area contributed by atoms with Gasteiger partial charge in [-0.1, -0.05) is 0 Å². The molecule has 0 aliphatic rings. The Hall–Kier alpha value is -2.46. The van der Waals surface area contributed by atoms with Crippen LogP contribution in [0.4, 0.5) is 5.00 Å². The van der Waals surface area contributed by atoms with Crippen molar-refractivity contribution >= 4 is 40.0 Å². The van der Waals surface area contributed by atoms with Crippen LogP contribution in [0.5, 0.6) is 0 Å². The molecule has 3 amide bonds. The average molecular weight is 385 g/mol. The number of carbonyl (C=O) groups excluding carboxylic acids is 4. The molecule has 0 aromatic carbocycles. The molecular weight excluding hydrogens is 360 g/mol. The normalized spacial score (nSPS) is 10.2. The van der Waals surface area contributed by atoms with Crippen LogP contribution in [0.2, 0.25) is 0 Å². The van der Waals surface area contributed by atoms with Crippen molar-refractivity contribution in [3.8, 4) is 0 Å². The highest BCUT2D eigenvalue weighted by Crippen LogP contribution is 2.34. The van der Waals surface area contributed by atoms with Crippen LogP contribution < -0.4 is 16.0 Å². The number of thiophene rings is 1. The molecule has 0 fully saturated rings. The van der Waals surface area contributed by atoms with E-state index in [9.17, 15) is 19.2 Å². The van der Waals surface area contributed by atoms with Gasteiger partial charge in [-0.15, -0.1) is 11.3 Å². The third kappa shape index (κ3) is 5.53. The Morgan fingerprint density at radius 3 is 2.31 bits per heavy atom. The fourth-order valence-corrected chi connectivity index (χ4v) is 3.30. The van der Waals surface area contributed by atoms with E-state index in [0.29, 0.717) is 10.4 Å². The van der Waals surface area contributed by atoms with Crippen molar-refractivity contribution in [2.75, 3.05) is 46.2 Å². The van der Waals surface area contributed by atoms with Crippen molar-refractivity contribution < 1.29 is 29.2 Å². The summed E-state index contributed by atoms with van der Waals surface area (Å²) in [4.78, 5) is 49.6. The Kier molecular flexibility index (Phi) is 8.20. The van der Waals surface area contributed by atoms with E-state index in [2.05, 4.69) is 10.6 Å². The lowest BCUT2D eigenvalue weighted by atomic mass is 10.1. The molecule has 0 saturated carbocycles. The third-order valence-electron chi connectivity index (χ3n) is 3.42. The lowest BCUT2D eigenvalue weighted by Gasteiger charge is -2.09. The Morgan fingerprint density at radius 2 is 1.77 bits per heavy atom. The fraction of sp³-hybridized carbons (Fsp3) is 0.500. The molecule has 1 rings (SSSR count). The van der Waals surface area contributed by atoms with E-state index >= 15 is 0 Å². The number of hydrogen-bond acceptors (Lipinski definition) is 6. The average Bonchev–Trinajstić information content (AvgIpc) is 2.89. The van der Waals surface area contributed by atoms with Gasteiger partial charge in [0.1, 0.15) is 5.00 Å². The first kappa shape index (κ1) is 21.6. The van der Waals surface area contributed by atoms with Gasteiger partial charge in [-0.2, -0.15) is 0 Å². The molecule has 0 spiro atoms. The van der Waals surface area contributed by atoms with Gasteiger partial charge in [0.05, 0.1) is 17.0 Å². The highest BCUT2D eigenvalue weighted by atomic mass is 32.1. The number of quaternary nitrogens is 1. The van der Waals surface area contributed by atoms with Gasteiger partial charge in [0.15, 0.2) is 13.1 Å². The van der Waals surface area contributed by atoms with Crippen molar-refractivity contribution in [3.63, 3.8) is 0 Å². The molecule has 1 aromatic rings. The van der Waals surface area contributed by atoms with Crippen LogP contribution in [0.25, 0.3) is 0 Å². The van der Waals surface area contributed by atoms with Gasteiger partial charge >= 0.3 is 5.97 Å². The zero-order valence-electron chi connectivity index (χ0n) is 15.6. The molecule has 1 aromatic heterocycles. The Labute approximate surface area is 156 Å². The Balaban J connectivity index is 3.02. The van der Waals surface area contributed by atoms with Crippen LogP contribution in [0, 0.1) is 6.92 Å². The topological polar surface area (TPSA) is 121 Å². The Bertz CT molecular complexity index is 699. The van der Waals surface area contributed by atoms with Crippen LogP contribution in [0.1, 0.15) is 32.5 Å². The van der Waals surface area contributed by atoms with Crippen LogP contribution in [0.15, 0.2) is 0 Å². The maximum atomic E-state index is 12.3. The molecule has 26 heavy (non-hydrogen) atoms. The number of amides is 3. The molecule has 144 valence electrons. The van der Waals surface area contributed by atoms with Crippen LogP contribution in [-0.2, 0) is 14.3 Å². The summed E-state index contributed by atoms with van der Waals surface area (Å²) in [7, 11) is 4.73. The SMILES string of the molecule is CCOC(=O)c1c(NC(=O)C[NH2+]CC(=O)NC)sc(C(=O)N(C)C)c1C. The Morgan fingerprint density at radius 1 is 1.15 bits per heavy atom.